The molecule has 2 aromatic rings. The Morgan fingerprint density at radius 2 is 1.88 bits per heavy atom. The summed E-state index contributed by atoms with van der Waals surface area (Å²) in [5, 5.41) is 2.64. The first kappa shape index (κ1) is 26.2. The highest BCUT2D eigenvalue weighted by atomic mass is 35.5. The van der Waals surface area contributed by atoms with Crippen molar-refractivity contribution >= 4 is 28.9 Å². The number of nitrogens with one attached hydrogen (secondary N) is 1. The van der Waals surface area contributed by atoms with Gasteiger partial charge in [-0.25, -0.2) is 0 Å². The number of rotatable bonds is 6. The molecule has 4 nitrogen and oxygen atoms in total. The Hall–Kier alpha value is -2.46. The fraction of sp³-hybridized carbons (Fsp3) is 0.435. The van der Waals surface area contributed by atoms with Crippen molar-refractivity contribution in [1.82, 2.24) is 4.90 Å². The second kappa shape index (κ2) is 10.4. The van der Waals surface area contributed by atoms with Gasteiger partial charge < -0.3 is 16.0 Å². The zero-order valence-electron chi connectivity index (χ0n) is 18.0. The quantitative estimate of drug-likeness (QED) is 0.355. The van der Waals surface area contributed by atoms with Crippen molar-refractivity contribution in [2.45, 2.75) is 37.5 Å². The third kappa shape index (κ3) is 7.02. The van der Waals surface area contributed by atoms with E-state index in [1.807, 2.05) is 0 Å². The van der Waals surface area contributed by atoms with Gasteiger partial charge >= 0.3 is 12.4 Å². The molecule has 1 aliphatic rings. The van der Waals surface area contributed by atoms with Gasteiger partial charge in [-0.2, -0.15) is 26.3 Å². The summed E-state index contributed by atoms with van der Waals surface area (Å²) in [6.07, 6.45) is -8.84. The maximum absolute atomic E-state index is 13.7. The van der Waals surface area contributed by atoms with Crippen LogP contribution in [-0.4, -0.2) is 36.6 Å². The number of piperidine rings is 1. The minimum Gasteiger partial charge on any atom is -0.397 e. The lowest BCUT2D eigenvalue weighted by molar-refractivity contribution is -0.183. The van der Waals surface area contributed by atoms with E-state index in [0.29, 0.717) is 24.9 Å². The van der Waals surface area contributed by atoms with Crippen LogP contribution in [0.1, 0.15) is 36.3 Å². The normalized spacial score (nSPS) is 18.5. The number of anilines is 2. The van der Waals surface area contributed by atoms with Crippen molar-refractivity contribution < 1.29 is 31.1 Å². The highest BCUT2D eigenvalue weighted by Crippen LogP contribution is 2.36. The van der Waals surface area contributed by atoms with Crippen molar-refractivity contribution in [2.24, 2.45) is 5.92 Å². The SMILES string of the molecule is Nc1ccc(Cl)cc1NC(=O)CC(CN1CCCC(c2cccc(C(F)(F)F)c2)C1)C(F)(F)F. The molecule has 2 unspecified atom stereocenters. The number of likely N-dealkylation sites (tertiary alicyclic amines) is 1. The van der Waals surface area contributed by atoms with Gasteiger partial charge in [0.1, 0.15) is 0 Å². The molecule has 0 aliphatic carbocycles. The van der Waals surface area contributed by atoms with E-state index in [1.165, 1.54) is 24.3 Å². The van der Waals surface area contributed by atoms with Crippen molar-refractivity contribution in [3.8, 4) is 0 Å². The molecule has 0 radical (unpaired) electrons. The van der Waals surface area contributed by atoms with Gasteiger partial charge in [0.05, 0.1) is 22.9 Å². The Balaban J connectivity index is 1.68. The molecule has 1 fully saturated rings. The maximum Gasteiger partial charge on any atom is 0.416 e. The molecule has 0 aromatic heterocycles. The predicted molar refractivity (Wildman–Crippen MR) is 119 cm³/mol. The van der Waals surface area contributed by atoms with Gasteiger partial charge in [0, 0.05) is 24.5 Å². The van der Waals surface area contributed by atoms with Crippen molar-refractivity contribution in [3.05, 3.63) is 58.6 Å². The van der Waals surface area contributed by atoms with Crippen LogP contribution in [-0.2, 0) is 11.0 Å². The molecule has 2 atom stereocenters. The van der Waals surface area contributed by atoms with Crippen molar-refractivity contribution in [2.75, 3.05) is 30.7 Å². The second-order valence-corrected chi connectivity index (χ2v) is 8.88. The molecular weight excluding hydrogens is 484 g/mol. The van der Waals surface area contributed by atoms with Gasteiger partial charge in [0.25, 0.3) is 0 Å². The smallest absolute Gasteiger partial charge is 0.397 e. The molecule has 0 saturated carbocycles. The fourth-order valence-electron chi connectivity index (χ4n) is 4.12. The molecule has 34 heavy (non-hydrogen) atoms. The first-order valence-corrected chi connectivity index (χ1v) is 11.0. The molecule has 11 heteroatoms. The lowest BCUT2D eigenvalue weighted by atomic mass is 9.89. The van der Waals surface area contributed by atoms with E-state index in [9.17, 15) is 31.1 Å². The van der Waals surface area contributed by atoms with E-state index in [0.717, 1.165) is 12.1 Å². The number of benzene rings is 2. The van der Waals surface area contributed by atoms with Gasteiger partial charge in [0.2, 0.25) is 5.91 Å². The summed E-state index contributed by atoms with van der Waals surface area (Å²) in [5.74, 6) is -3.14. The lowest BCUT2D eigenvalue weighted by Crippen LogP contribution is -2.42. The Kier molecular flexibility index (Phi) is 8.02. The zero-order valence-corrected chi connectivity index (χ0v) is 18.8. The number of alkyl halides is 6. The topological polar surface area (TPSA) is 58.4 Å². The van der Waals surface area contributed by atoms with Crippen molar-refractivity contribution in [3.63, 3.8) is 0 Å². The van der Waals surface area contributed by atoms with E-state index in [-0.39, 0.29) is 28.9 Å². The summed E-state index contributed by atoms with van der Waals surface area (Å²) in [7, 11) is 0. The first-order chi connectivity index (χ1) is 15.8. The van der Waals surface area contributed by atoms with Crippen molar-refractivity contribution in [1.29, 1.82) is 0 Å². The number of hydrogen-bond acceptors (Lipinski definition) is 3. The molecule has 3 rings (SSSR count). The van der Waals surface area contributed by atoms with Crippen LogP contribution in [0.5, 0.6) is 0 Å². The molecule has 186 valence electrons. The van der Waals surface area contributed by atoms with Crippen LogP contribution in [0.4, 0.5) is 37.7 Å². The second-order valence-electron chi connectivity index (χ2n) is 8.44. The summed E-state index contributed by atoms with van der Waals surface area (Å²) in [6.45, 7) is 0.110. The third-order valence-electron chi connectivity index (χ3n) is 5.85. The zero-order chi connectivity index (χ0) is 25.1. The average molecular weight is 508 g/mol. The summed E-state index contributed by atoms with van der Waals surface area (Å²) >= 11 is 5.85. The van der Waals surface area contributed by atoms with E-state index < -0.39 is 42.7 Å². The molecule has 1 aliphatic heterocycles. The summed E-state index contributed by atoms with van der Waals surface area (Å²) < 4.78 is 80.4. The van der Waals surface area contributed by atoms with Gasteiger partial charge in [-0.15, -0.1) is 0 Å². The van der Waals surface area contributed by atoms with Crippen LogP contribution in [0.3, 0.4) is 0 Å². The van der Waals surface area contributed by atoms with Gasteiger partial charge in [-0.1, -0.05) is 29.8 Å². The highest BCUT2D eigenvalue weighted by Gasteiger charge is 2.42. The molecule has 1 amide bonds. The molecule has 1 saturated heterocycles. The number of nitrogens with zero attached hydrogens (tertiary/aromatic N) is 1. The third-order valence-corrected chi connectivity index (χ3v) is 6.09. The van der Waals surface area contributed by atoms with Gasteiger partial charge in [-0.05, 0) is 55.1 Å². The molecule has 2 aromatic carbocycles. The number of hydrogen-bond donors (Lipinski definition) is 2. The number of nitrogen functional groups attached to an aromatic ring is 1. The number of nitrogens with two attached hydrogens (primary N) is 1. The monoisotopic (exact) mass is 507 g/mol. The minimum atomic E-state index is -4.64. The number of halogens is 7. The fourth-order valence-corrected chi connectivity index (χ4v) is 4.29. The summed E-state index contributed by atoms with van der Waals surface area (Å²) in [4.78, 5) is 13.9. The predicted octanol–water partition coefficient (Wildman–Crippen LogP) is 6.33. The van der Waals surface area contributed by atoms with Crippen LogP contribution >= 0.6 is 11.6 Å². The number of carbonyl (C=O) groups excluding carboxylic acids is 1. The summed E-state index contributed by atoms with van der Waals surface area (Å²) in [6, 6.07) is 9.16. The van der Waals surface area contributed by atoms with Crippen LogP contribution in [0.2, 0.25) is 5.02 Å². The lowest BCUT2D eigenvalue weighted by Gasteiger charge is -2.35. The summed E-state index contributed by atoms with van der Waals surface area (Å²) in [5.41, 5.74) is 5.69. The highest BCUT2D eigenvalue weighted by molar-refractivity contribution is 6.31. The molecule has 0 bridgehead atoms. The van der Waals surface area contributed by atoms with Gasteiger partial charge in [-0.3, -0.25) is 4.79 Å². The van der Waals surface area contributed by atoms with Crippen LogP contribution in [0.15, 0.2) is 42.5 Å². The standard InChI is InChI=1S/C23H24ClF6N3O/c24-18-6-7-19(31)20(11-18)32-21(34)10-17(23(28,29)30)13-33-8-2-4-15(12-33)14-3-1-5-16(9-14)22(25,26)27/h1,3,5-7,9,11,15,17H,2,4,8,10,12-13,31H2,(H,32,34). The molecule has 1 heterocycles. The molecular formula is C23H24ClF6N3O. The van der Waals surface area contributed by atoms with E-state index >= 15 is 0 Å². The van der Waals surface area contributed by atoms with Crippen LogP contribution in [0.25, 0.3) is 0 Å². The van der Waals surface area contributed by atoms with E-state index in [1.54, 1.807) is 11.0 Å². The van der Waals surface area contributed by atoms with Gasteiger partial charge in [0.15, 0.2) is 0 Å². The van der Waals surface area contributed by atoms with Crippen LogP contribution < -0.4 is 11.1 Å². The Bertz CT molecular complexity index is 1010. The van der Waals surface area contributed by atoms with E-state index in [4.69, 9.17) is 17.3 Å². The largest absolute Gasteiger partial charge is 0.416 e. The molecule has 3 N–H and O–H groups in total. The minimum absolute atomic E-state index is 0.126. The maximum atomic E-state index is 13.7. The average Bonchev–Trinajstić information content (AvgIpc) is 2.75. The number of amides is 1. The molecule has 0 spiro atoms. The first-order valence-electron chi connectivity index (χ1n) is 10.6. The van der Waals surface area contributed by atoms with E-state index in [2.05, 4.69) is 5.32 Å². The Labute approximate surface area is 198 Å². The Morgan fingerprint density at radius 1 is 1.15 bits per heavy atom. The van der Waals surface area contributed by atoms with Crippen LogP contribution in [0, 0.1) is 5.92 Å². The number of carbonyl (C=O) groups is 1. The Morgan fingerprint density at radius 3 is 2.56 bits per heavy atom.